The van der Waals surface area contributed by atoms with E-state index >= 15 is 0 Å². The molecule has 1 heterocycles. The van der Waals surface area contributed by atoms with Gasteiger partial charge in [-0.3, -0.25) is 4.79 Å². The van der Waals surface area contributed by atoms with Crippen molar-refractivity contribution in [2.45, 2.75) is 0 Å². The summed E-state index contributed by atoms with van der Waals surface area (Å²) in [5.74, 6) is 0.932. The van der Waals surface area contributed by atoms with Gasteiger partial charge in [-0.05, 0) is 64.6 Å². The molecule has 0 aliphatic heterocycles. The van der Waals surface area contributed by atoms with Gasteiger partial charge in [-0.2, -0.15) is 5.10 Å². The van der Waals surface area contributed by atoms with Crippen molar-refractivity contribution in [3.8, 4) is 11.5 Å². The summed E-state index contributed by atoms with van der Waals surface area (Å²) in [6.45, 7) is 0. The number of benzene rings is 2. The molecule has 8 heteroatoms. The Bertz CT molecular complexity index is 1000. The fraction of sp³-hybridized carbons (Fsp3) is 0.111. The second-order valence-corrected chi connectivity index (χ2v) is 6.83. The lowest BCUT2D eigenvalue weighted by Crippen LogP contribution is -2.16. The Labute approximate surface area is 168 Å². The fourth-order valence-corrected chi connectivity index (χ4v) is 3.39. The van der Waals surface area contributed by atoms with E-state index in [0.717, 1.165) is 14.5 Å². The Kier molecular flexibility index (Phi) is 5.67. The Morgan fingerprint density at radius 2 is 2.04 bits per heavy atom. The SMILES string of the molecule is COc1cc(/C=N/NC(=O)c2cc3cc(Cl)ccc3o2)cc(I)c1OC. The summed E-state index contributed by atoms with van der Waals surface area (Å²) in [4.78, 5) is 12.2. The minimum atomic E-state index is -0.455. The minimum absolute atomic E-state index is 0.154. The monoisotopic (exact) mass is 484 g/mol. The van der Waals surface area contributed by atoms with Gasteiger partial charge in [-0.25, -0.2) is 5.43 Å². The predicted octanol–water partition coefficient (Wildman–Crippen LogP) is 4.47. The van der Waals surface area contributed by atoms with Crippen molar-refractivity contribution in [1.29, 1.82) is 0 Å². The van der Waals surface area contributed by atoms with E-state index in [-0.39, 0.29) is 5.76 Å². The van der Waals surface area contributed by atoms with Crippen LogP contribution in [0.15, 0.2) is 45.9 Å². The maximum absolute atomic E-state index is 12.2. The van der Waals surface area contributed by atoms with Crippen molar-refractivity contribution in [2.75, 3.05) is 14.2 Å². The summed E-state index contributed by atoms with van der Waals surface area (Å²) in [5, 5.41) is 5.29. The van der Waals surface area contributed by atoms with Gasteiger partial charge in [-0.15, -0.1) is 0 Å². The van der Waals surface area contributed by atoms with Gasteiger partial charge < -0.3 is 13.9 Å². The fourth-order valence-electron chi connectivity index (χ4n) is 2.36. The van der Waals surface area contributed by atoms with Crippen molar-refractivity contribution < 1.29 is 18.7 Å². The Hall–Kier alpha value is -2.26. The van der Waals surface area contributed by atoms with Crippen LogP contribution in [0.1, 0.15) is 16.1 Å². The summed E-state index contributed by atoms with van der Waals surface area (Å²) in [7, 11) is 3.14. The molecule has 2 aromatic carbocycles. The lowest BCUT2D eigenvalue weighted by atomic mass is 10.2. The second kappa shape index (κ2) is 7.96. The highest BCUT2D eigenvalue weighted by atomic mass is 127. The number of furan rings is 1. The number of amides is 1. The molecule has 0 saturated carbocycles. The highest BCUT2D eigenvalue weighted by Crippen LogP contribution is 2.33. The number of carbonyl (C=O) groups is 1. The van der Waals surface area contributed by atoms with Gasteiger partial charge in [-0.1, -0.05) is 11.6 Å². The van der Waals surface area contributed by atoms with Crippen molar-refractivity contribution >= 4 is 57.3 Å². The van der Waals surface area contributed by atoms with Crippen LogP contribution < -0.4 is 14.9 Å². The number of halogens is 2. The Balaban J connectivity index is 1.75. The normalized spacial score (nSPS) is 11.1. The van der Waals surface area contributed by atoms with E-state index in [1.165, 1.54) is 6.21 Å². The summed E-state index contributed by atoms with van der Waals surface area (Å²) in [6.07, 6.45) is 1.52. The largest absolute Gasteiger partial charge is 0.493 e. The first-order valence-electron chi connectivity index (χ1n) is 7.46. The molecule has 0 radical (unpaired) electrons. The number of methoxy groups -OCH3 is 2. The molecule has 0 fully saturated rings. The average Bonchev–Trinajstić information content (AvgIpc) is 3.04. The molecule has 1 aromatic heterocycles. The van der Waals surface area contributed by atoms with Gasteiger partial charge in [0.05, 0.1) is 24.0 Å². The molecule has 26 heavy (non-hydrogen) atoms. The van der Waals surface area contributed by atoms with Gasteiger partial charge in [0.25, 0.3) is 0 Å². The molecule has 3 rings (SSSR count). The van der Waals surface area contributed by atoms with E-state index in [1.54, 1.807) is 44.6 Å². The molecule has 1 N–H and O–H groups in total. The molecule has 0 atom stereocenters. The van der Waals surface area contributed by atoms with Gasteiger partial charge >= 0.3 is 5.91 Å². The van der Waals surface area contributed by atoms with Crippen LogP contribution in [-0.4, -0.2) is 26.3 Å². The van der Waals surface area contributed by atoms with E-state index in [0.29, 0.717) is 22.1 Å². The lowest BCUT2D eigenvalue weighted by molar-refractivity contribution is 0.0929. The van der Waals surface area contributed by atoms with Crippen LogP contribution in [0.2, 0.25) is 5.02 Å². The number of rotatable bonds is 5. The number of nitrogens with one attached hydrogen (secondary N) is 1. The Morgan fingerprint density at radius 1 is 1.23 bits per heavy atom. The van der Waals surface area contributed by atoms with Gasteiger partial charge in [0.2, 0.25) is 0 Å². The zero-order valence-corrected chi connectivity index (χ0v) is 16.8. The molecule has 3 aromatic rings. The van der Waals surface area contributed by atoms with Crippen molar-refractivity contribution in [3.05, 3.63) is 56.3 Å². The number of ether oxygens (including phenoxy) is 2. The highest BCUT2D eigenvalue weighted by Gasteiger charge is 2.12. The van der Waals surface area contributed by atoms with Crippen LogP contribution in [0.5, 0.6) is 11.5 Å². The molecule has 1 amide bonds. The third-order valence-corrected chi connectivity index (χ3v) is 4.57. The topological polar surface area (TPSA) is 73.1 Å². The van der Waals surface area contributed by atoms with Crippen LogP contribution in [0.25, 0.3) is 11.0 Å². The van der Waals surface area contributed by atoms with E-state index in [1.807, 2.05) is 6.07 Å². The third-order valence-electron chi connectivity index (χ3n) is 3.54. The quantitative estimate of drug-likeness (QED) is 0.329. The number of fused-ring (bicyclic) bond motifs is 1. The van der Waals surface area contributed by atoms with Crippen molar-refractivity contribution in [1.82, 2.24) is 5.43 Å². The molecule has 0 unspecified atom stereocenters. The number of nitrogens with zero attached hydrogens (tertiary/aromatic N) is 1. The molecule has 0 bridgehead atoms. The summed E-state index contributed by atoms with van der Waals surface area (Å²) >= 11 is 8.07. The van der Waals surface area contributed by atoms with E-state index in [4.69, 9.17) is 25.5 Å². The van der Waals surface area contributed by atoms with E-state index < -0.39 is 5.91 Å². The molecular weight excluding hydrogens is 471 g/mol. The smallest absolute Gasteiger partial charge is 0.307 e. The summed E-state index contributed by atoms with van der Waals surface area (Å²) in [6, 6.07) is 10.4. The summed E-state index contributed by atoms with van der Waals surface area (Å²) in [5.41, 5.74) is 3.77. The number of hydrogen-bond acceptors (Lipinski definition) is 5. The third kappa shape index (κ3) is 3.94. The van der Waals surface area contributed by atoms with Crippen LogP contribution in [-0.2, 0) is 0 Å². The van der Waals surface area contributed by atoms with E-state index in [2.05, 4.69) is 33.1 Å². The van der Waals surface area contributed by atoms with Gasteiger partial charge in [0.15, 0.2) is 17.3 Å². The molecule has 6 nitrogen and oxygen atoms in total. The van der Waals surface area contributed by atoms with Gasteiger partial charge in [0.1, 0.15) is 5.58 Å². The standard InChI is InChI=1S/C18H14ClIN2O4/c1-24-15-6-10(5-13(20)17(15)25-2)9-21-22-18(23)16-8-11-7-12(19)3-4-14(11)26-16/h3-9H,1-2H3,(H,22,23)/b21-9+. The molecule has 0 spiro atoms. The van der Waals surface area contributed by atoms with Crippen LogP contribution in [0.4, 0.5) is 0 Å². The first kappa shape index (κ1) is 18.5. The lowest BCUT2D eigenvalue weighted by Gasteiger charge is -2.10. The summed E-state index contributed by atoms with van der Waals surface area (Å²) < 4.78 is 16.9. The molecule has 0 aliphatic rings. The van der Waals surface area contributed by atoms with Crippen LogP contribution >= 0.6 is 34.2 Å². The highest BCUT2D eigenvalue weighted by molar-refractivity contribution is 14.1. The minimum Gasteiger partial charge on any atom is -0.493 e. The maximum Gasteiger partial charge on any atom is 0.307 e. The molecule has 0 aliphatic carbocycles. The zero-order valence-electron chi connectivity index (χ0n) is 13.9. The molecular formula is C18H14ClIN2O4. The molecule has 134 valence electrons. The molecule has 0 saturated heterocycles. The first-order valence-corrected chi connectivity index (χ1v) is 8.91. The van der Waals surface area contributed by atoms with Gasteiger partial charge in [0, 0.05) is 10.4 Å². The van der Waals surface area contributed by atoms with Crippen LogP contribution in [0, 0.1) is 3.57 Å². The predicted molar refractivity (Wildman–Crippen MR) is 109 cm³/mol. The second-order valence-electron chi connectivity index (χ2n) is 5.23. The van der Waals surface area contributed by atoms with Crippen molar-refractivity contribution in [2.24, 2.45) is 5.10 Å². The average molecular weight is 485 g/mol. The Morgan fingerprint density at radius 3 is 2.77 bits per heavy atom. The number of hydrazone groups is 1. The maximum atomic E-state index is 12.2. The first-order chi connectivity index (χ1) is 12.5. The van der Waals surface area contributed by atoms with Crippen LogP contribution in [0.3, 0.4) is 0 Å². The van der Waals surface area contributed by atoms with E-state index in [9.17, 15) is 4.79 Å². The van der Waals surface area contributed by atoms with Crippen molar-refractivity contribution in [3.63, 3.8) is 0 Å². The number of carbonyl (C=O) groups excluding carboxylic acids is 1. The number of hydrogen-bond donors (Lipinski definition) is 1. The zero-order chi connectivity index (χ0) is 18.7.